The molecule has 2 aromatic rings. The van der Waals surface area contributed by atoms with E-state index < -0.39 is 16.1 Å². The van der Waals surface area contributed by atoms with Crippen molar-refractivity contribution in [2.75, 3.05) is 17.2 Å². The van der Waals surface area contributed by atoms with Crippen LogP contribution in [0.4, 0.5) is 5.69 Å². The van der Waals surface area contributed by atoms with Gasteiger partial charge in [-0.25, -0.2) is 8.42 Å². The Balaban J connectivity index is 2.32. The Hall–Kier alpha value is -2.54. The highest BCUT2D eigenvalue weighted by Crippen LogP contribution is 2.26. The van der Waals surface area contributed by atoms with Gasteiger partial charge >= 0.3 is 0 Å². The summed E-state index contributed by atoms with van der Waals surface area (Å²) in [6.07, 6.45) is 1.46. The van der Waals surface area contributed by atoms with Crippen LogP contribution >= 0.6 is 0 Å². The van der Waals surface area contributed by atoms with Crippen molar-refractivity contribution in [2.24, 2.45) is 0 Å². The summed E-state index contributed by atoms with van der Waals surface area (Å²) in [6, 6.07) is 11.7. The zero-order valence-corrected chi connectivity index (χ0v) is 19.4. The Bertz CT molecular complexity index is 971. The van der Waals surface area contributed by atoms with E-state index in [9.17, 15) is 13.2 Å². The second-order valence-corrected chi connectivity index (χ2v) is 9.36. The SMILES string of the molecule is CCOc1ccc(N(C(CC)C(=O)NC(C)c2cc(C)ccc2C)S(C)(=O)=O)cc1. The fourth-order valence-corrected chi connectivity index (χ4v) is 4.74. The fraction of sp³-hybridized carbons (Fsp3) is 0.435. The molecule has 0 aliphatic heterocycles. The van der Waals surface area contributed by atoms with Gasteiger partial charge in [0.05, 0.1) is 24.6 Å². The van der Waals surface area contributed by atoms with Gasteiger partial charge in [0.2, 0.25) is 15.9 Å². The van der Waals surface area contributed by atoms with Crippen LogP contribution in [-0.4, -0.2) is 33.2 Å². The van der Waals surface area contributed by atoms with Gasteiger partial charge in [0.15, 0.2) is 0 Å². The van der Waals surface area contributed by atoms with Gasteiger partial charge in [-0.1, -0.05) is 30.7 Å². The van der Waals surface area contributed by atoms with Crippen molar-refractivity contribution in [2.45, 2.75) is 53.1 Å². The minimum Gasteiger partial charge on any atom is -0.494 e. The Kier molecular flexibility index (Phi) is 7.89. The molecule has 1 amide bonds. The molecule has 2 atom stereocenters. The number of nitrogens with one attached hydrogen (secondary N) is 1. The molecular formula is C23H32N2O4S. The lowest BCUT2D eigenvalue weighted by molar-refractivity contribution is -0.122. The zero-order valence-electron chi connectivity index (χ0n) is 18.6. The number of hydrogen-bond acceptors (Lipinski definition) is 4. The maximum absolute atomic E-state index is 13.1. The average Bonchev–Trinajstić information content (AvgIpc) is 2.67. The molecule has 0 bridgehead atoms. The minimum absolute atomic E-state index is 0.242. The van der Waals surface area contributed by atoms with Crippen LogP contribution in [-0.2, 0) is 14.8 Å². The molecule has 30 heavy (non-hydrogen) atoms. The van der Waals surface area contributed by atoms with Gasteiger partial charge in [0.25, 0.3) is 0 Å². The van der Waals surface area contributed by atoms with Crippen LogP contribution in [0.25, 0.3) is 0 Å². The summed E-state index contributed by atoms with van der Waals surface area (Å²) in [6.45, 7) is 10.1. The van der Waals surface area contributed by atoms with E-state index in [2.05, 4.69) is 5.32 Å². The van der Waals surface area contributed by atoms with Crippen LogP contribution in [0.15, 0.2) is 42.5 Å². The number of carbonyl (C=O) groups excluding carboxylic acids is 1. The molecule has 6 nitrogen and oxygen atoms in total. The molecular weight excluding hydrogens is 400 g/mol. The van der Waals surface area contributed by atoms with Gasteiger partial charge in [-0.3, -0.25) is 9.10 Å². The molecule has 0 aromatic heterocycles. The van der Waals surface area contributed by atoms with Crippen molar-refractivity contribution in [3.8, 4) is 5.75 Å². The van der Waals surface area contributed by atoms with E-state index in [4.69, 9.17) is 4.74 Å². The van der Waals surface area contributed by atoms with Crippen molar-refractivity contribution in [3.05, 3.63) is 59.2 Å². The number of benzene rings is 2. The molecule has 2 aromatic carbocycles. The molecule has 0 aliphatic carbocycles. The molecule has 1 N–H and O–H groups in total. The molecule has 0 fully saturated rings. The predicted molar refractivity (Wildman–Crippen MR) is 121 cm³/mol. The summed E-state index contributed by atoms with van der Waals surface area (Å²) >= 11 is 0. The fourth-order valence-electron chi connectivity index (χ4n) is 3.53. The van der Waals surface area contributed by atoms with E-state index in [-0.39, 0.29) is 11.9 Å². The van der Waals surface area contributed by atoms with Crippen molar-refractivity contribution >= 4 is 21.6 Å². The summed E-state index contributed by atoms with van der Waals surface area (Å²) in [5.74, 6) is 0.320. The summed E-state index contributed by atoms with van der Waals surface area (Å²) in [5, 5.41) is 3.00. The molecule has 2 rings (SSSR count). The minimum atomic E-state index is -3.68. The van der Waals surface area contributed by atoms with E-state index in [1.54, 1.807) is 31.2 Å². The van der Waals surface area contributed by atoms with Gasteiger partial charge in [-0.15, -0.1) is 0 Å². The van der Waals surface area contributed by atoms with Crippen molar-refractivity contribution in [1.82, 2.24) is 5.32 Å². The number of nitrogens with zero attached hydrogens (tertiary/aromatic N) is 1. The Labute approximate surface area is 180 Å². The molecule has 0 saturated carbocycles. The number of hydrogen-bond donors (Lipinski definition) is 1. The second kappa shape index (κ2) is 9.98. The van der Waals surface area contributed by atoms with Gasteiger partial charge in [-0.2, -0.15) is 0 Å². The van der Waals surface area contributed by atoms with Crippen LogP contribution in [0.1, 0.15) is 49.9 Å². The number of sulfonamides is 1. The molecule has 7 heteroatoms. The Morgan fingerprint density at radius 1 is 1.10 bits per heavy atom. The van der Waals surface area contributed by atoms with Gasteiger partial charge in [0, 0.05) is 0 Å². The summed E-state index contributed by atoms with van der Waals surface area (Å²) in [7, 11) is -3.68. The number of anilines is 1. The lowest BCUT2D eigenvalue weighted by atomic mass is 9.99. The first-order valence-corrected chi connectivity index (χ1v) is 12.0. The molecule has 0 heterocycles. The van der Waals surface area contributed by atoms with E-state index in [0.29, 0.717) is 24.5 Å². The topological polar surface area (TPSA) is 75.7 Å². The van der Waals surface area contributed by atoms with E-state index >= 15 is 0 Å². The Morgan fingerprint density at radius 3 is 2.27 bits per heavy atom. The number of amides is 1. The third kappa shape index (κ3) is 5.75. The summed E-state index contributed by atoms with van der Waals surface area (Å²) < 4.78 is 31.9. The number of carbonyl (C=O) groups is 1. The standard InChI is InChI=1S/C23H32N2O4S/c1-7-22(23(26)24-18(5)21-15-16(3)9-10-17(21)4)25(30(6,27)28)19-11-13-20(14-12-19)29-8-2/h9-15,18,22H,7-8H2,1-6H3,(H,24,26). The zero-order chi connectivity index (χ0) is 22.5. The molecule has 2 unspecified atom stereocenters. The van der Waals surface area contributed by atoms with Crippen LogP contribution in [0.5, 0.6) is 5.75 Å². The van der Waals surface area contributed by atoms with Crippen LogP contribution in [0, 0.1) is 13.8 Å². The normalized spacial score (nSPS) is 13.4. The quantitative estimate of drug-likeness (QED) is 0.647. The Morgan fingerprint density at radius 2 is 1.73 bits per heavy atom. The highest BCUT2D eigenvalue weighted by atomic mass is 32.2. The first-order valence-electron chi connectivity index (χ1n) is 10.2. The van der Waals surface area contributed by atoms with Crippen LogP contribution < -0.4 is 14.4 Å². The smallest absolute Gasteiger partial charge is 0.244 e. The van der Waals surface area contributed by atoms with Crippen molar-refractivity contribution < 1.29 is 17.9 Å². The molecule has 164 valence electrons. The average molecular weight is 433 g/mol. The van der Waals surface area contributed by atoms with Gasteiger partial charge in [-0.05, 0) is 69.5 Å². The largest absolute Gasteiger partial charge is 0.494 e. The number of rotatable bonds is 9. The number of aryl methyl sites for hydroxylation is 2. The van der Waals surface area contributed by atoms with E-state index in [1.165, 1.54) is 4.31 Å². The molecule has 0 aliphatic rings. The second-order valence-electron chi connectivity index (χ2n) is 7.50. The molecule has 0 radical (unpaired) electrons. The lowest BCUT2D eigenvalue weighted by Gasteiger charge is -2.31. The van der Waals surface area contributed by atoms with Crippen LogP contribution in [0.3, 0.4) is 0 Å². The third-order valence-electron chi connectivity index (χ3n) is 4.99. The molecule has 0 saturated heterocycles. The first kappa shape index (κ1) is 23.7. The number of ether oxygens (including phenoxy) is 1. The lowest BCUT2D eigenvalue weighted by Crippen LogP contribution is -2.49. The highest BCUT2D eigenvalue weighted by molar-refractivity contribution is 7.92. The van der Waals surface area contributed by atoms with E-state index in [0.717, 1.165) is 22.9 Å². The van der Waals surface area contributed by atoms with E-state index in [1.807, 2.05) is 45.9 Å². The van der Waals surface area contributed by atoms with Crippen molar-refractivity contribution in [3.63, 3.8) is 0 Å². The predicted octanol–water partition coefficient (Wildman–Crippen LogP) is 4.12. The monoisotopic (exact) mass is 432 g/mol. The molecule has 0 spiro atoms. The maximum Gasteiger partial charge on any atom is 0.244 e. The summed E-state index contributed by atoms with van der Waals surface area (Å²) in [5.41, 5.74) is 3.64. The first-order chi connectivity index (χ1) is 14.1. The maximum atomic E-state index is 13.1. The summed E-state index contributed by atoms with van der Waals surface area (Å²) in [4.78, 5) is 13.1. The van der Waals surface area contributed by atoms with Gasteiger partial charge < -0.3 is 10.1 Å². The van der Waals surface area contributed by atoms with Gasteiger partial charge in [0.1, 0.15) is 11.8 Å². The van der Waals surface area contributed by atoms with Crippen molar-refractivity contribution in [1.29, 1.82) is 0 Å². The van der Waals surface area contributed by atoms with Crippen LogP contribution in [0.2, 0.25) is 0 Å². The highest BCUT2D eigenvalue weighted by Gasteiger charge is 2.32. The third-order valence-corrected chi connectivity index (χ3v) is 6.17.